The summed E-state index contributed by atoms with van der Waals surface area (Å²) < 4.78 is 19.3. The van der Waals surface area contributed by atoms with Crippen LogP contribution in [-0.4, -0.2) is 30.6 Å². The Hall–Kier alpha value is -0.210. The molecule has 9 heavy (non-hydrogen) atoms. The van der Waals surface area contributed by atoms with Gasteiger partial charge in [-0.1, -0.05) is 0 Å². The molecule has 0 heterocycles. The van der Waals surface area contributed by atoms with E-state index < -0.39 is 20.4 Å². The van der Waals surface area contributed by atoms with Crippen LogP contribution in [0.25, 0.3) is 0 Å². The summed E-state index contributed by atoms with van der Waals surface area (Å²) in [5, 5.41) is 17.5. The second-order valence-electron chi connectivity index (χ2n) is 1.31. The molecule has 6 nitrogen and oxygen atoms in total. The summed E-state index contributed by atoms with van der Waals surface area (Å²) in [4.78, 5) is 0. The summed E-state index contributed by atoms with van der Waals surface area (Å²) in [5.74, 6) is -0.535. The van der Waals surface area contributed by atoms with Crippen molar-refractivity contribution < 1.29 is 13.6 Å². The van der Waals surface area contributed by atoms with Crippen LogP contribution >= 0.6 is 0 Å². The molecular formula is C2H7N2O4S-. The molecule has 0 amide bonds. The topological polar surface area (TPSA) is 107 Å². The molecule has 0 rings (SSSR count). The molecule has 0 spiro atoms. The third-order valence-electron chi connectivity index (χ3n) is 0.614. The Morgan fingerprint density at radius 1 is 1.67 bits per heavy atom. The molecule has 7 heteroatoms. The first-order chi connectivity index (χ1) is 4.00. The van der Waals surface area contributed by atoms with E-state index in [1.165, 1.54) is 0 Å². The average molecular weight is 155 g/mol. The Morgan fingerprint density at radius 3 is 2.22 bits per heavy atom. The second-order valence-corrected chi connectivity index (χ2v) is 3.20. The van der Waals surface area contributed by atoms with Gasteiger partial charge >= 0.3 is 0 Å². The smallest absolute Gasteiger partial charge is 0.226 e. The molecule has 0 bridgehead atoms. The van der Waals surface area contributed by atoms with Crippen molar-refractivity contribution in [1.29, 1.82) is 0 Å². The standard InChI is InChI=1S/C2H7N2O4S/c3-1-2-9(7,8)4(5)6/h5H,1-3H2/q-1. The van der Waals surface area contributed by atoms with Gasteiger partial charge in [0.2, 0.25) is 10.0 Å². The quantitative estimate of drug-likeness (QED) is 0.480. The highest BCUT2D eigenvalue weighted by Gasteiger charge is 2.08. The van der Waals surface area contributed by atoms with Gasteiger partial charge < -0.3 is 16.1 Å². The van der Waals surface area contributed by atoms with Gasteiger partial charge in [0.25, 0.3) is 0 Å². The minimum Gasteiger partial charge on any atom is -0.749 e. The molecule has 0 aromatic carbocycles. The lowest BCUT2D eigenvalue weighted by atomic mass is 10.8. The summed E-state index contributed by atoms with van der Waals surface area (Å²) >= 11 is 0. The fraction of sp³-hybridized carbons (Fsp3) is 1.00. The van der Waals surface area contributed by atoms with E-state index in [1.54, 1.807) is 0 Å². The largest absolute Gasteiger partial charge is 0.749 e. The van der Waals surface area contributed by atoms with Crippen LogP contribution < -0.4 is 5.73 Å². The maximum absolute atomic E-state index is 10.2. The zero-order chi connectivity index (χ0) is 7.49. The number of hydrogen-bond donors (Lipinski definition) is 2. The van der Waals surface area contributed by atoms with Crippen molar-refractivity contribution in [3.05, 3.63) is 5.21 Å². The van der Waals surface area contributed by atoms with E-state index in [0.717, 1.165) is 0 Å². The first-order valence-electron chi connectivity index (χ1n) is 2.10. The minimum atomic E-state index is -4.04. The number of hydrogen-bond acceptors (Lipinski definition) is 5. The maximum Gasteiger partial charge on any atom is 0.226 e. The Kier molecular flexibility index (Phi) is 3.01. The molecule has 0 aliphatic carbocycles. The third-order valence-corrected chi connectivity index (χ3v) is 1.84. The number of rotatable bonds is 3. The first kappa shape index (κ1) is 8.79. The van der Waals surface area contributed by atoms with E-state index in [2.05, 4.69) is 0 Å². The summed E-state index contributed by atoms with van der Waals surface area (Å²) in [6.07, 6.45) is 0. The second kappa shape index (κ2) is 3.08. The first-order valence-corrected chi connectivity index (χ1v) is 3.70. The lowest BCUT2D eigenvalue weighted by molar-refractivity contribution is 0.0550. The van der Waals surface area contributed by atoms with Crippen molar-refractivity contribution in [3.8, 4) is 0 Å². The van der Waals surface area contributed by atoms with Gasteiger partial charge in [-0.05, 0) is 0 Å². The molecule has 0 saturated heterocycles. The predicted octanol–water partition coefficient (Wildman–Crippen LogP) is -1.54. The summed E-state index contributed by atoms with van der Waals surface area (Å²) in [7, 11) is -4.04. The average Bonchev–Trinajstić information content (AvgIpc) is 1.65. The molecule has 0 saturated carbocycles. The highest BCUT2D eigenvalue weighted by molar-refractivity contribution is 7.89. The normalized spacial score (nSPS) is 12.4. The van der Waals surface area contributed by atoms with Crippen molar-refractivity contribution in [2.24, 2.45) is 5.73 Å². The predicted molar refractivity (Wildman–Crippen MR) is 29.8 cm³/mol. The van der Waals surface area contributed by atoms with Crippen LogP contribution in [0.5, 0.6) is 0 Å². The zero-order valence-corrected chi connectivity index (χ0v) is 5.34. The fourth-order valence-electron chi connectivity index (χ4n) is 0.227. The van der Waals surface area contributed by atoms with E-state index in [1.807, 2.05) is 0 Å². The monoisotopic (exact) mass is 155 g/mol. The van der Waals surface area contributed by atoms with Crippen LogP contribution in [0.4, 0.5) is 0 Å². The molecule has 3 N–H and O–H groups in total. The van der Waals surface area contributed by atoms with Crippen molar-refractivity contribution in [2.45, 2.75) is 0 Å². The zero-order valence-electron chi connectivity index (χ0n) is 4.52. The van der Waals surface area contributed by atoms with E-state index in [0.29, 0.717) is 0 Å². The molecule has 0 aromatic heterocycles. The van der Waals surface area contributed by atoms with Gasteiger partial charge in [0.15, 0.2) is 0 Å². The van der Waals surface area contributed by atoms with Crippen LogP contribution in [0.1, 0.15) is 0 Å². The Bertz CT molecular complexity index is 161. The van der Waals surface area contributed by atoms with Crippen LogP contribution in [-0.2, 0) is 10.0 Å². The molecule has 0 aromatic rings. The molecule has 0 fully saturated rings. The molecule has 0 aliphatic heterocycles. The SMILES string of the molecule is NCCS(=O)(=O)N([O-])O. The lowest BCUT2D eigenvalue weighted by Crippen LogP contribution is -2.27. The molecule has 56 valence electrons. The van der Waals surface area contributed by atoms with Gasteiger partial charge in [-0.3, -0.25) is 0 Å². The van der Waals surface area contributed by atoms with Gasteiger partial charge in [0.05, 0.1) is 5.75 Å². The van der Waals surface area contributed by atoms with Crippen LogP contribution in [0.3, 0.4) is 0 Å². The van der Waals surface area contributed by atoms with Gasteiger partial charge in [-0.2, -0.15) is 4.63 Å². The number of nitrogens with zero attached hydrogens (tertiary/aromatic N) is 1. The number of sulfonamides is 1. The highest BCUT2D eigenvalue weighted by atomic mass is 32.2. The van der Waals surface area contributed by atoms with Crippen LogP contribution in [0.15, 0.2) is 0 Å². The summed E-state index contributed by atoms with van der Waals surface area (Å²) in [6, 6.07) is 0. The van der Waals surface area contributed by atoms with Crippen LogP contribution in [0.2, 0.25) is 0 Å². The molecule has 0 aliphatic rings. The Labute approximate surface area is 52.5 Å². The highest BCUT2D eigenvalue weighted by Crippen LogP contribution is 1.91. The minimum absolute atomic E-state index is 0.179. The van der Waals surface area contributed by atoms with Gasteiger partial charge in [0.1, 0.15) is 0 Å². The van der Waals surface area contributed by atoms with E-state index in [4.69, 9.17) is 10.9 Å². The maximum atomic E-state index is 10.2. The summed E-state index contributed by atoms with van der Waals surface area (Å²) in [5.41, 5.74) is 4.80. The van der Waals surface area contributed by atoms with Crippen molar-refractivity contribution in [2.75, 3.05) is 12.3 Å². The van der Waals surface area contributed by atoms with Crippen molar-refractivity contribution in [1.82, 2.24) is 4.63 Å². The van der Waals surface area contributed by atoms with E-state index >= 15 is 0 Å². The Morgan fingerprint density at radius 2 is 2.11 bits per heavy atom. The lowest BCUT2D eigenvalue weighted by Gasteiger charge is -2.17. The molecule has 0 radical (unpaired) electrons. The fourth-order valence-corrected chi connectivity index (χ4v) is 0.681. The van der Waals surface area contributed by atoms with E-state index in [-0.39, 0.29) is 6.54 Å². The number of nitrogens with two attached hydrogens (primary N) is 1. The van der Waals surface area contributed by atoms with Crippen molar-refractivity contribution >= 4 is 10.0 Å². The van der Waals surface area contributed by atoms with E-state index in [9.17, 15) is 13.6 Å². The van der Waals surface area contributed by atoms with Gasteiger partial charge in [-0.15, -0.1) is 0 Å². The summed E-state index contributed by atoms with van der Waals surface area (Å²) in [6.45, 7) is -0.179. The third kappa shape index (κ3) is 2.72. The van der Waals surface area contributed by atoms with Gasteiger partial charge in [-0.25, -0.2) is 8.42 Å². The molecular weight excluding hydrogens is 148 g/mol. The van der Waals surface area contributed by atoms with Crippen molar-refractivity contribution in [3.63, 3.8) is 0 Å². The Balaban J connectivity index is 4.05. The molecule has 0 atom stereocenters. The van der Waals surface area contributed by atoms with Crippen LogP contribution in [0, 0.1) is 5.21 Å². The molecule has 0 unspecified atom stereocenters. The van der Waals surface area contributed by atoms with Gasteiger partial charge in [0, 0.05) is 6.54 Å².